The predicted octanol–water partition coefficient (Wildman–Crippen LogP) is 1.18. The zero-order chi connectivity index (χ0) is 17.7. The first-order valence-corrected chi connectivity index (χ1v) is 9.83. The van der Waals surface area contributed by atoms with Crippen LogP contribution in [-0.2, 0) is 25.8 Å². The Bertz CT molecular complexity index is 713. The lowest BCUT2D eigenvalue weighted by Crippen LogP contribution is -2.35. The van der Waals surface area contributed by atoms with Crippen molar-refractivity contribution in [2.45, 2.75) is 26.2 Å². The fraction of sp³-hybridized carbons (Fsp3) is 0.529. The maximum atomic E-state index is 11.9. The first kappa shape index (κ1) is 18.4. The van der Waals surface area contributed by atoms with E-state index in [4.69, 9.17) is 0 Å². The molecule has 2 atom stereocenters. The Morgan fingerprint density at radius 1 is 1.38 bits per heavy atom. The summed E-state index contributed by atoms with van der Waals surface area (Å²) in [6.07, 6.45) is 0.979. The molecule has 1 aromatic rings. The quantitative estimate of drug-likeness (QED) is 0.767. The van der Waals surface area contributed by atoms with Crippen molar-refractivity contribution in [1.82, 2.24) is 5.32 Å². The number of aliphatic carboxylic acids is 1. The topological polar surface area (TPSA) is 101 Å². The van der Waals surface area contributed by atoms with Crippen LogP contribution in [0.15, 0.2) is 24.3 Å². The molecular formula is C17H23NO5S. The summed E-state index contributed by atoms with van der Waals surface area (Å²) in [6.45, 7) is 1.98. The molecule has 7 heteroatoms. The average molecular weight is 353 g/mol. The van der Waals surface area contributed by atoms with Crippen LogP contribution in [0.5, 0.6) is 0 Å². The van der Waals surface area contributed by atoms with E-state index >= 15 is 0 Å². The number of hydrogen-bond donors (Lipinski definition) is 2. The summed E-state index contributed by atoms with van der Waals surface area (Å²) in [6, 6.07) is 7.62. The van der Waals surface area contributed by atoms with Crippen LogP contribution in [0.25, 0.3) is 0 Å². The molecule has 1 aliphatic heterocycles. The molecule has 0 radical (unpaired) electrons. The van der Waals surface area contributed by atoms with Crippen molar-refractivity contribution in [3.63, 3.8) is 0 Å². The Balaban J connectivity index is 1.85. The Kier molecular flexibility index (Phi) is 5.99. The highest BCUT2D eigenvalue weighted by Gasteiger charge is 2.29. The molecule has 2 N–H and O–H groups in total. The predicted molar refractivity (Wildman–Crippen MR) is 90.4 cm³/mol. The maximum absolute atomic E-state index is 11.9. The fourth-order valence-electron chi connectivity index (χ4n) is 2.97. The largest absolute Gasteiger partial charge is 0.481 e. The molecule has 2 unspecified atom stereocenters. The van der Waals surface area contributed by atoms with E-state index in [9.17, 15) is 23.1 Å². The Labute approximate surface area is 142 Å². The third-order valence-corrected chi connectivity index (χ3v) is 6.10. The smallest absolute Gasteiger partial charge is 0.308 e. The van der Waals surface area contributed by atoms with Gasteiger partial charge in [0.25, 0.3) is 0 Å². The van der Waals surface area contributed by atoms with Gasteiger partial charge in [0.05, 0.1) is 17.4 Å². The molecule has 0 aromatic heterocycles. The van der Waals surface area contributed by atoms with E-state index in [2.05, 4.69) is 5.32 Å². The van der Waals surface area contributed by atoms with Crippen LogP contribution in [0.1, 0.15) is 24.0 Å². The van der Waals surface area contributed by atoms with Gasteiger partial charge in [-0.2, -0.15) is 0 Å². The minimum atomic E-state index is -3.00. The molecule has 132 valence electrons. The molecule has 0 spiro atoms. The van der Waals surface area contributed by atoms with Crippen molar-refractivity contribution in [2.24, 2.45) is 11.8 Å². The second kappa shape index (κ2) is 7.79. The van der Waals surface area contributed by atoms with Crippen LogP contribution < -0.4 is 5.32 Å². The number of carboxylic acids is 1. The van der Waals surface area contributed by atoms with Crippen LogP contribution >= 0.6 is 0 Å². The average Bonchev–Trinajstić information content (AvgIpc) is 2.82. The van der Waals surface area contributed by atoms with E-state index in [0.29, 0.717) is 12.8 Å². The molecule has 1 aliphatic rings. The molecule has 24 heavy (non-hydrogen) atoms. The van der Waals surface area contributed by atoms with Crippen molar-refractivity contribution in [1.29, 1.82) is 0 Å². The third kappa shape index (κ3) is 5.63. The molecule has 0 saturated carbocycles. The highest BCUT2D eigenvalue weighted by molar-refractivity contribution is 7.91. The lowest BCUT2D eigenvalue weighted by Gasteiger charge is -2.15. The monoisotopic (exact) mass is 353 g/mol. The second-order valence-corrected chi connectivity index (χ2v) is 8.73. The number of carboxylic acid groups (broad SMARTS) is 1. The number of carbonyl (C=O) groups excluding carboxylic acids is 1. The van der Waals surface area contributed by atoms with Crippen molar-refractivity contribution in [3.8, 4) is 0 Å². The molecule has 6 nitrogen and oxygen atoms in total. The van der Waals surface area contributed by atoms with E-state index in [-0.39, 0.29) is 36.3 Å². The summed E-state index contributed by atoms with van der Waals surface area (Å²) >= 11 is 0. The number of aryl methyl sites for hydroxylation is 1. The lowest BCUT2D eigenvalue weighted by molar-refractivity contribution is -0.141. The van der Waals surface area contributed by atoms with Crippen LogP contribution in [0, 0.1) is 18.8 Å². The summed E-state index contributed by atoms with van der Waals surface area (Å²) in [5.74, 6) is -1.92. The molecule has 0 bridgehead atoms. The number of amides is 1. The zero-order valence-corrected chi connectivity index (χ0v) is 14.5. The first-order valence-electron chi connectivity index (χ1n) is 8.00. The summed E-state index contributed by atoms with van der Waals surface area (Å²) < 4.78 is 22.8. The van der Waals surface area contributed by atoms with Gasteiger partial charge >= 0.3 is 5.97 Å². The molecular weight excluding hydrogens is 330 g/mol. The van der Waals surface area contributed by atoms with Crippen LogP contribution in [0.4, 0.5) is 0 Å². The molecule has 1 heterocycles. The normalized spacial score (nSPS) is 20.5. The summed E-state index contributed by atoms with van der Waals surface area (Å²) in [7, 11) is -3.00. The number of nitrogens with one attached hydrogen (secondary N) is 1. The highest BCUT2D eigenvalue weighted by Crippen LogP contribution is 2.21. The standard InChI is InChI=1S/C17H23NO5S/c1-12-3-2-4-13(7-12)8-15(17(20)21)10-18-16(19)9-14-5-6-24(22,23)11-14/h2-4,7,14-15H,5-6,8-11H2,1H3,(H,18,19)(H,20,21). The summed E-state index contributed by atoms with van der Waals surface area (Å²) in [5.41, 5.74) is 1.97. The van der Waals surface area contributed by atoms with Crippen molar-refractivity contribution >= 4 is 21.7 Å². The van der Waals surface area contributed by atoms with Crippen molar-refractivity contribution in [2.75, 3.05) is 18.1 Å². The molecule has 1 fully saturated rings. The van der Waals surface area contributed by atoms with Gasteiger partial charge in [0.15, 0.2) is 9.84 Å². The number of hydrogen-bond acceptors (Lipinski definition) is 4. The maximum Gasteiger partial charge on any atom is 0.308 e. The molecule has 1 amide bonds. The lowest BCUT2D eigenvalue weighted by atomic mass is 9.98. The second-order valence-electron chi connectivity index (χ2n) is 6.51. The van der Waals surface area contributed by atoms with Gasteiger partial charge in [-0.1, -0.05) is 29.8 Å². The number of sulfone groups is 1. The van der Waals surface area contributed by atoms with Gasteiger partial charge in [0.1, 0.15) is 0 Å². The molecule has 1 saturated heterocycles. The van der Waals surface area contributed by atoms with Gasteiger partial charge in [-0.15, -0.1) is 0 Å². The summed E-state index contributed by atoms with van der Waals surface area (Å²) in [4.78, 5) is 23.3. The van der Waals surface area contributed by atoms with Crippen molar-refractivity contribution in [3.05, 3.63) is 35.4 Å². The Morgan fingerprint density at radius 3 is 2.71 bits per heavy atom. The van der Waals surface area contributed by atoms with Crippen molar-refractivity contribution < 1.29 is 23.1 Å². The molecule has 0 aliphatic carbocycles. The van der Waals surface area contributed by atoms with Gasteiger partial charge in [-0.3, -0.25) is 9.59 Å². The van der Waals surface area contributed by atoms with Crippen LogP contribution in [0.2, 0.25) is 0 Å². The number of benzene rings is 1. The van der Waals surface area contributed by atoms with E-state index in [1.807, 2.05) is 31.2 Å². The first-order chi connectivity index (χ1) is 11.2. The van der Waals surface area contributed by atoms with Crippen LogP contribution in [0.3, 0.4) is 0 Å². The zero-order valence-electron chi connectivity index (χ0n) is 13.7. The number of carbonyl (C=O) groups is 2. The summed E-state index contributed by atoms with van der Waals surface area (Å²) in [5, 5.41) is 12.0. The SMILES string of the molecule is Cc1cccc(CC(CNC(=O)CC2CCS(=O)(=O)C2)C(=O)O)c1. The van der Waals surface area contributed by atoms with Gasteiger partial charge in [0, 0.05) is 13.0 Å². The number of rotatable bonds is 7. The fourth-order valence-corrected chi connectivity index (χ4v) is 4.84. The van der Waals surface area contributed by atoms with Gasteiger partial charge in [-0.25, -0.2) is 8.42 Å². The van der Waals surface area contributed by atoms with E-state index in [0.717, 1.165) is 11.1 Å². The minimum Gasteiger partial charge on any atom is -0.481 e. The Morgan fingerprint density at radius 2 is 2.12 bits per heavy atom. The van der Waals surface area contributed by atoms with Gasteiger partial charge < -0.3 is 10.4 Å². The highest BCUT2D eigenvalue weighted by atomic mass is 32.2. The van der Waals surface area contributed by atoms with Gasteiger partial charge in [-0.05, 0) is 31.2 Å². The third-order valence-electron chi connectivity index (χ3n) is 4.26. The van der Waals surface area contributed by atoms with E-state index in [1.165, 1.54) is 0 Å². The molecule has 2 rings (SSSR count). The minimum absolute atomic E-state index is 0.0432. The van der Waals surface area contributed by atoms with E-state index < -0.39 is 21.7 Å². The van der Waals surface area contributed by atoms with Crippen LogP contribution in [-0.4, -0.2) is 43.5 Å². The van der Waals surface area contributed by atoms with E-state index in [1.54, 1.807) is 0 Å². The Hall–Kier alpha value is -1.89. The molecule has 1 aromatic carbocycles. The van der Waals surface area contributed by atoms with Gasteiger partial charge in [0.2, 0.25) is 5.91 Å².